The second kappa shape index (κ2) is 7.48. The number of hydrogen-bond acceptors (Lipinski definition) is 2. The molecule has 2 aliphatic rings. The fourth-order valence-corrected chi connectivity index (χ4v) is 3.29. The molecule has 0 amide bonds. The fraction of sp³-hybridized carbons (Fsp3) is 0.526. The zero-order valence-corrected chi connectivity index (χ0v) is 13.6. The molecule has 0 aromatic carbocycles. The van der Waals surface area contributed by atoms with Gasteiger partial charge < -0.3 is 10.3 Å². The Balaban J connectivity index is 1.78. The van der Waals surface area contributed by atoms with E-state index >= 15 is 0 Å². The number of nitrogens with one attached hydrogen (secondary N) is 2. The highest BCUT2D eigenvalue weighted by Gasteiger charge is 2.09. The molecule has 0 spiro atoms. The highest BCUT2D eigenvalue weighted by atomic mass is 14.9. The van der Waals surface area contributed by atoms with Crippen molar-refractivity contribution >= 4 is 18.1 Å². The average molecular weight is 297 g/mol. The summed E-state index contributed by atoms with van der Waals surface area (Å²) in [5.74, 6) is 0. The number of allylic oxidation sites excluding steroid dienone is 1. The summed E-state index contributed by atoms with van der Waals surface area (Å²) in [5, 5.41) is 5.98. The first-order valence-electron chi connectivity index (χ1n) is 8.75. The predicted octanol–water partition coefficient (Wildman–Crippen LogP) is 2.98. The van der Waals surface area contributed by atoms with E-state index in [-0.39, 0.29) is 0 Å². The van der Waals surface area contributed by atoms with Gasteiger partial charge in [0.1, 0.15) is 0 Å². The zero-order valence-electron chi connectivity index (χ0n) is 13.6. The maximum atomic E-state index is 4.53. The van der Waals surface area contributed by atoms with Gasteiger partial charge in [0.25, 0.3) is 0 Å². The van der Waals surface area contributed by atoms with Gasteiger partial charge in [-0.1, -0.05) is 39.0 Å². The third-order valence-corrected chi connectivity index (χ3v) is 4.71. The third kappa shape index (κ3) is 3.70. The topological polar surface area (TPSA) is 40.2 Å². The quantitative estimate of drug-likeness (QED) is 0.884. The van der Waals surface area contributed by atoms with E-state index in [9.17, 15) is 0 Å². The Hall–Kier alpha value is -1.77. The highest BCUT2D eigenvalue weighted by molar-refractivity contribution is 5.91. The lowest BCUT2D eigenvalue weighted by Crippen LogP contribution is -2.31. The van der Waals surface area contributed by atoms with Gasteiger partial charge in [0.2, 0.25) is 0 Å². The van der Waals surface area contributed by atoms with E-state index < -0.39 is 0 Å². The Morgan fingerprint density at radius 1 is 1.23 bits per heavy atom. The Morgan fingerprint density at radius 3 is 2.73 bits per heavy atom. The SMILES string of the molecule is CCC1=CC(=c2[nH]ccc2=CNC2CCCCCCC2)N=C1. The van der Waals surface area contributed by atoms with Gasteiger partial charge in [0.15, 0.2) is 0 Å². The van der Waals surface area contributed by atoms with Crippen molar-refractivity contribution in [2.75, 3.05) is 0 Å². The fourth-order valence-electron chi connectivity index (χ4n) is 3.29. The molecule has 1 fully saturated rings. The van der Waals surface area contributed by atoms with Gasteiger partial charge in [0, 0.05) is 29.9 Å². The molecule has 1 aromatic rings. The minimum absolute atomic E-state index is 0.627. The summed E-state index contributed by atoms with van der Waals surface area (Å²) in [6, 6.07) is 2.76. The zero-order chi connectivity index (χ0) is 15.2. The molecule has 3 nitrogen and oxygen atoms in total. The van der Waals surface area contributed by atoms with Crippen LogP contribution in [0.3, 0.4) is 0 Å². The highest BCUT2D eigenvalue weighted by Crippen LogP contribution is 2.17. The van der Waals surface area contributed by atoms with E-state index in [0.29, 0.717) is 6.04 Å². The van der Waals surface area contributed by atoms with Gasteiger partial charge in [-0.15, -0.1) is 0 Å². The number of nitrogens with zero attached hydrogens (tertiary/aromatic N) is 1. The number of H-pyrrole nitrogens is 1. The molecule has 3 rings (SSSR count). The van der Waals surface area contributed by atoms with Gasteiger partial charge in [0.05, 0.1) is 11.0 Å². The number of hydrogen-bond donors (Lipinski definition) is 2. The van der Waals surface area contributed by atoms with Crippen LogP contribution in [0.5, 0.6) is 0 Å². The van der Waals surface area contributed by atoms with Crippen LogP contribution < -0.4 is 15.9 Å². The van der Waals surface area contributed by atoms with Crippen LogP contribution in [0.1, 0.15) is 58.3 Å². The minimum Gasteiger partial charge on any atom is -0.388 e. The van der Waals surface area contributed by atoms with Crippen LogP contribution in [0.15, 0.2) is 28.9 Å². The van der Waals surface area contributed by atoms with Gasteiger partial charge in [-0.05, 0) is 37.0 Å². The Morgan fingerprint density at radius 2 is 2.00 bits per heavy atom. The molecule has 0 unspecified atom stereocenters. The molecule has 0 bridgehead atoms. The molecule has 22 heavy (non-hydrogen) atoms. The van der Waals surface area contributed by atoms with E-state index in [1.54, 1.807) is 0 Å². The molecular formula is C19H27N3. The summed E-state index contributed by atoms with van der Waals surface area (Å²) in [6.45, 7) is 2.17. The molecule has 1 aromatic heterocycles. The van der Waals surface area contributed by atoms with Crippen LogP contribution in [-0.2, 0) is 0 Å². The largest absolute Gasteiger partial charge is 0.388 e. The van der Waals surface area contributed by atoms with Crippen LogP contribution in [0, 0.1) is 0 Å². The van der Waals surface area contributed by atoms with Crippen LogP contribution >= 0.6 is 0 Å². The average Bonchev–Trinajstić information content (AvgIpc) is 3.14. The van der Waals surface area contributed by atoms with Gasteiger partial charge in [-0.2, -0.15) is 0 Å². The van der Waals surface area contributed by atoms with E-state index in [1.165, 1.54) is 55.7 Å². The third-order valence-electron chi connectivity index (χ3n) is 4.71. The molecule has 0 atom stereocenters. The van der Waals surface area contributed by atoms with E-state index in [4.69, 9.17) is 0 Å². The second-order valence-corrected chi connectivity index (χ2v) is 6.38. The minimum atomic E-state index is 0.627. The molecule has 0 radical (unpaired) electrons. The lowest BCUT2D eigenvalue weighted by molar-refractivity contribution is 0.427. The molecule has 1 aliphatic carbocycles. The second-order valence-electron chi connectivity index (χ2n) is 6.38. The number of aromatic nitrogens is 1. The van der Waals surface area contributed by atoms with Gasteiger partial charge >= 0.3 is 0 Å². The number of aliphatic imine (C=N–C) groups is 1. The van der Waals surface area contributed by atoms with Crippen LogP contribution in [0.25, 0.3) is 11.9 Å². The molecule has 118 valence electrons. The van der Waals surface area contributed by atoms with Crippen LogP contribution in [-0.4, -0.2) is 17.2 Å². The summed E-state index contributed by atoms with van der Waals surface area (Å²) >= 11 is 0. The smallest absolute Gasteiger partial charge is 0.0874 e. The van der Waals surface area contributed by atoms with E-state index in [0.717, 1.165) is 17.5 Å². The molecule has 1 saturated carbocycles. The van der Waals surface area contributed by atoms with Crippen LogP contribution in [0.2, 0.25) is 0 Å². The van der Waals surface area contributed by atoms with E-state index in [2.05, 4.69) is 40.6 Å². The van der Waals surface area contributed by atoms with Crippen molar-refractivity contribution in [3.63, 3.8) is 0 Å². The van der Waals surface area contributed by atoms with Crippen LogP contribution in [0.4, 0.5) is 0 Å². The monoisotopic (exact) mass is 297 g/mol. The van der Waals surface area contributed by atoms with Crippen molar-refractivity contribution in [1.82, 2.24) is 10.3 Å². The van der Waals surface area contributed by atoms with Gasteiger partial charge in [-0.3, -0.25) is 4.99 Å². The van der Waals surface area contributed by atoms with Crippen molar-refractivity contribution in [1.29, 1.82) is 0 Å². The lowest BCUT2D eigenvalue weighted by atomic mass is 9.97. The molecule has 2 N–H and O–H groups in total. The molecule has 0 saturated heterocycles. The normalized spacial score (nSPS) is 23.3. The van der Waals surface area contributed by atoms with Crippen molar-refractivity contribution < 1.29 is 0 Å². The molecule has 1 aliphatic heterocycles. The Labute approximate surface area is 132 Å². The number of rotatable bonds is 3. The summed E-state index contributed by atoms with van der Waals surface area (Å²) in [5.41, 5.74) is 2.34. The first kappa shape index (κ1) is 15.1. The maximum absolute atomic E-state index is 4.53. The predicted molar refractivity (Wildman–Crippen MR) is 94.0 cm³/mol. The lowest BCUT2D eigenvalue weighted by Gasteiger charge is -2.19. The molecular weight excluding hydrogens is 270 g/mol. The van der Waals surface area contributed by atoms with Gasteiger partial charge in [-0.25, -0.2) is 0 Å². The molecule has 2 heterocycles. The van der Waals surface area contributed by atoms with Crippen molar-refractivity contribution in [3.8, 4) is 0 Å². The Kier molecular flexibility index (Phi) is 5.15. The standard InChI is InChI=1S/C19H27N3/c1-2-15-12-18(22-13-15)19-16(10-11-20-19)14-21-17-8-6-4-3-5-7-9-17/h10-14,17,20-21H,2-9H2,1H3. The number of aromatic amines is 1. The summed E-state index contributed by atoms with van der Waals surface area (Å²) in [7, 11) is 0. The molecule has 3 heteroatoms. The summed E-state index contributed by atoms with van der Waals surface area (Å²) in [6.07, 6.45) is 18.9. The van der Waals surface area contributed by atoms with Crippen molar-refractivity contribution in [3.05, 3.63) is 34.5 Å². The summed E-state index contributed by atoms with van der Waals surface area (Å²) in [4.78, 5) is 7.87. The Bertz CT molecular complexity index is 655. The summed E-state index contributed by atoms with van der Waals surface area (Å²) < 4.78 is 0. The first-order chi connectivity index (χ1) is 10.9. The van der Waals surface area contributed by atoms with Crippen molar-refractivity contribution in [2.45, 2.75) is 64.3 Å². The van der Waals surface area contributed by atoms with E-state index in [1.807, 2.05) is 12.4 Å². The first-order valence-corrected chi connectivity index (χ1v) is 8.75. The van der Waals surface area contributed by atoms with Crippen molar-refractivity contribution in [2.24, 2.45) is 4.99 Å². The maximum Gasteiger partial charge on any atom is 0.0874 e.